The lowest BCUT2D eigenvalue weighted by Crippen LogP contribution is -2.69. The van der Waals surface area contributed by atoms with Crippen molar-refractivity contribution in [3.63, 3.8) is 0 Å². The number of ketones is 2. The summed E-state index contributed by atoms with van der Waals surface area (Å²) in [6.07, 6.45) is 1.11. The highest BCUT2D eigenvalue weighted by Gasteiger charge is 2.78. The van der Waals surface area contributed by atoms with Crippen LogP contribution in [0.2, 0.25) is 0 Å². The molecule has 1 N–H and O–H groups in total. The van der Waals surface area contributed by atoms with Crippen LogP contribution in [0.4, 0.5) is 14.5 Å². The summed E-state index contributed by atoms with van der Waals surface area (Å²) in [5.74, 6) is -2.05. The number of hydrogen-bond donors (Lipinski definition) is 1. The molecule has 1 aromatic carbocycles. The third-order valence-electron chi connectivity index (χ3n) is 11.5. The van der Waals surface area contributed by atoms with E-state index in [1.54, 1.807) is 14.0 Å². The molecule has 1 saturated heterocycles. The lowest BCUT2D eigenvalue weighted by atomic mass is 9.43. The third kappa shape index (κ3) is 3.60. The summed E-state index contributed by atoms with van der Waals surface area (Å²) in [6.45, 7) is 5.15. The van der Waals surface area contributed by atoms with E-state index in [1.165, 1.54) is 25.2 Å². The van der Waals surface area contributed by atoms with Crippen molar-refractivity contribution in [3.05, 3.63) is 48.1 Å². The van der Waals surface area contributed by atoms with Gasteiger partial charge in [0.25, 0.3) is 0 Å². The second-order valence-electron chi connectivity index (χ2n) is 13.0. The molecular weight excluding hydrogens is 532 g/mol. The summed E-state index contributed by atoms with van der Waals surface area (Å²) in [5, 5.41) is 11.7. The zero-order valence-electron chi connectivity index (χ0n) is 23.9. The molecule has 41 heavy (non-hydrogen) atoms. The lowest BCUT2D eigenvalue weighted by Gasteiger charge is -2.63. The van der Waals surface area contributed by atoms with E-state index in [4.69, 9.17) is 9.47 Å². The quantitative estimate of drug-likeness (QED) is 0.532. The van der Waals surface area contributed by atoms with Crippen LogP contribution in [-0.4, -0.2) is 67.4 Å². The number of anilines is 1. The van der Waals surface area contributed by atoms with Gasteiger partial charge in [-0.25, -0.2) is 8.78 Å². The Morgan fingerprint density at radius 3 is 2.66 bits per heavy atom. The number of carbonyl (C=O) groups excluding carboxylic acids is 3. The highest BCUT2D eigenvalue weighted by atomic mass is 19.1. The number of Topliss-reactive ketones (excluding diaryl/α,β-unsaturated/α-hetero) is 1. The molecule has 0 bridgehead atoms. The van der Waals surface area contributed by atoms with E-state index in [0.29, 0.717) is 25.3 Å². The van der Waals surface area contributed by atoms with Crippen molar-refractivity contribution in [2.75, 3.05) is 31.7 Å². The highest BCUT2D eigenvalue weighted by molar-refractivity contribution is 6.01. The monoisotopic (exact) mass is 569 g/mol. The predicted molar refractivity (Wildman–Crippen MR) is 147 cm³/mol. The maximum atomic E-state index is 17.6. The number of ether oxygens (including phenoxy) is 2. The zero-order valence-corrected chi connectivity index (χ0v) is 23.9. The second kappa shape index (κ2) is 9.21. The molecule has 1 heterocycles. The lowest BCUT2D eigenvalue weighted by molar-refractivity contribution is -0.211. The summed E-state index contributed by atoms with van der Waals surface area (Å²) in [5.41, 5.74) is -4.70. The van der Waals surface area contributed by atoms with Crippen LogP contribution in [0.25, 0.3) is 0 Å². The number of hydrogen-bond acceptors (Lipinski definition) is 7. The molecule has 5 aliphatic rings. The molecule has 4 aliphatic carbocycles. The summed E-state index contributed by atoms with van der Waals surface area (Å²) in [7, 11) is 1.58. The molecule has 9 heteroatoms. The molecule has 0 aromatic heterocycles. The molecule has 1 aliphatic heterocycles. The Bertz CT molecular complexity index is 1380. The van der Waals surface area contributed by atoms with Gasteiger partial charge in [-0.2, -0.15) is 0 Å². The smallest absolute Gasteiger partial charge is 0.303 e. The van der Waals surface area contributed by atoms with Crippen LogP contribution in [0.15, 0.2) is 48.1 Å². The first-order chi connectivity index (χ1) is 19.3. The number of allylic oxidation sites excluding steroid dienone is 4. The van der Waals surface area contributed by atoms with Crippen LogP contribution < -0.4 is 9.64 Å². The first-order valence-electron chi connectivity index (χ1n) is 14.3. The van der Waals surface area contributed by atoms with Gasteiger partial charge in [0.05, 0.1) is 18.6 Å². The zero-order chi connectivity index (χ0) is 29.5. The van der Waals surface area contributed by atoms with Crippen molar-refractivity contribution < 1.29 is 37.7 Å². The molecule has 220 valence electrons. The molecule has 4 fully saturated rings. The summed E-state index contributed by atoms with van der Waals surface area (Å²) in [4.78, 5) is 40.2. The number of aliphatic hydroxyl groups is 1. The maximum Gasteiger partial charge on any atom is 0.303 e. The van der Waals surface area contributed by atoms with E-state index in [-0.39, 0.29) is 35.9 Å². The molecule has 1 aromatic rings. The van der Waals surface area contributed by atoms with Crippen LogP contribution in [0.3, 0.4) is 0 Å². The van der Waals surface area contributed by atoms with Gasteiger partial charge in [-0.15, -0.1) is 0 Å². The number of aliphatic hydroxyl groups excluding tert-OH is 1. The van der Waals surface area contributed by atoms with E-state index in [1.807, 2.05) is 31.2 Å². The Hall–Kier alpha value is -3.07. The molecule has 9 atom stereocenters. The minimum Gasteiger partial charge on any atom is -0.497 e. The van der Waals surface area contributed by atoms with E-state index in [0.717, 1.165) is 5.69 Å². The Balaban J connectivity index is 1.44. The van der Waals surface area contributed by atoms with Crippen LogP contribution in [0.5, 0.6) is 5.75 Å². The first kappa shape index (κ1) is 28.1. The maximum absolute atomic E-state index is 17.6. The molecule has 0 radical (unpaired) electrons. The van der Waals surface area contributed by atoms with Gasteiger partial charge in [-0.3, -0.25) is 14.4 Å². The van der Waals surface area contributed by atoms with E-state index >= 15 is 8.78 Å². The number of benzene rings is 1. The Morgan fingerprint density at radius 1 is 1.20 bits per heavy atom. The first-order valence-corrected chi connectivity index (χ1v) is 14.3. The minimum absolute atomic E-state index is 0.0134. The number of halogens is 2. The number of alkyl halides is 2. The van der Waals surface area contributed by atoms with Crippen LogP contribution in [-0.2, 0) is 19.1 Å². The average Bonchev–Trinajstić information content (AvgIpc) is 3.43. The van der Waals surface area contributed by atoms with Gasteiger partial charge in [0, 0.05) is 43.1 Å². The molecule has 0 amide bonds. The Labute approximate surface area is 238 Å². The normalized spacial score (nSPS) is 42.5. The van der Waals surface area contributed by atoms with Gasteiger partial charge in [-0.1, -0.05) is 19.1 Å². The average molecular weight is 570 g/mol. The van der Waals surface area contributed by atoms with Crippen LogP contribution >= 0.6 is 0 Å². The van der Waals surface area contributed by atoms with Crippen LogP contribution in [0, 0.1) is 34.0 Å². The van der Waals surface area contributed by atoms with Gasteiger partial charge in [0.2, 0.25) is 0 Å². The van der Waals surface area contributed by atoms with Gasteiger partial charge in [0.1, 0.15) is 11.9 Å². The van der Waals surface area contributed by atoms with Crippen molar-refractivity contribution in [2.45, 2.75) is 58.0 Å². The number of rotatable bonds is 5. The second-order valence-corrected chi connectivity index (χ2v) is 13.0. The largest absolute Gasteiger partial charge is 0.497 e. The van der Waals surface area contributed by atoms with Crippen molar-refractivity contribution in [3.8, 4) is 5.75 Å². The number of esters is 1. The van der Waals surface area contributed by atoms with Crippen molar-refractivity contribution >= 4 is 23.2 Å². The minimum atomic E-state index is -2.21. The van der Waals surface area contributed by atoms with Crippen molar-refractivity contribution in [1.29, 1.82) is 0 Å². The fraction of sp³-hybridized carbons (Fsp3) is 0.594. The predicted octanol–water partition coefficient (Wildman–Crippen LogP) is 4.18. The highest BCUT2D eigenvalue weighted by Crippen LogP contribution is 2.74. The van der Waals surface area contributed by atoms with E-state index < -0.39 is 58.6 Å². The molecular formula is C32H37F2NO6. The summed E-state index contributed by atoms with van der Waals surface area (Å²) in [6, 6.07) is 7.55. The SMILES string of the molecule is COc1cccc(N2C[C@@H]3C[C@H]4[C@@H]5C[C@H](F)C6=CC(=O)C=C[C@]6(C)[C@@]5(F)[C@@H](O)C[C@]4(C)[C@]3(C(=O)COC(C)=O)C2)c1. The van der Waals surface area contributed by atoms with Crippen LogP contribution in [0.1, 0.15) is 40.0 Å². The summed E-state index contributed by atoms with van der Waals surface area (Å²) < 4.78 is 44.1. The molecule has 6 rings (SSSR count). The standard InChI is InChI=1S/C32H37F2NO6/c1-18(36)41-16-28(39)31-17-35(20-6-5-7-22(11-20)40-4)15-19(31)10-23-24-13-26(33)25-12-21(37)8-9-29(25,2)32(24,34)27(38)14-30(23,31)3/h5-9,11-12,19,23-24,26-27,38H,10,13-17H2,1-4H3/t19-,23-,24-,26-,27-,29-,30-,31+,32-/m0/s1. The Morgan fingerprint density at radius 2 is 1.95 bits per heavy atom. The van der Waals surface area contributed by atoms with Gasteiger partial charge >= 0.3 is 5.97 Å². The summed E-state index contributed by atoms with van der Waals surface area (Å²) >= 11 is 0. The van der Waals surface area contributed by atoms with Crippen molar-refractivity contribution in [1.82, 2.24) is 0 Å². The fourth-order valence-electron chi connectivity index (χ4n) is 9.58. The molecule has 7 nitrogen and oxygen atoms in total. The molecule has 0 unspecified atom stereocenters. The van der Waals surface area contributed by atoms with Gasteiger partial charge < -0.3 is 19.5 Å². The Kier molecular flexibility index (Phi) is 6.31. The number of carbonyl (C=O) groups is 3. The number of methoxy groups -OCH3 is 1. The van der Waals surface area contributed by atoms with Crippen molar-refractivity contribution in [2.24, 2.45) is 34.0 Å². The number of nitrogens with zero attached hydrogens (tertiary/aromatic N) is 1. The molecule has 0 spiro atoms. The third-order valence-corrected chi connectivity index (χ3v) is 11.5. The number of fused-ring (bicyclic) bond motifs is 7. The van der Waals surface area contributed by atoms with Gasteiger partial charge in [-0.05, 0) is 73.3 Å². The fourth-order valence-corrected chi connectivity index (χ4v) is 9.58. The topological polar surface area (TPSA) is 93.1 Å². The van der Waals surface area contributed by atoms with Gasteiger partial charge in [0.15, 0.2) is 23.8 Å². The molecule has 3 saturated carbocycles. The van der Waals surface area contributed by atoms with E-state index in [2.05, 4.69) is 4.90 Å². The van der Waals surface area contributed by atoms with E-state index in [9.17, 15) is 19.5 Å².